The van der Waals surface area contributed by atoms with Crippen LogP contribution >= 0.6 is 0 Å². The van der Waals surface area contributed by atoms with Gasteiger partial charge in [-0.2, -0.15) is 0 Å². The van der Waals surface area contributed by atoms with E-state index in [9.17, 15) is 13.5 Å². The minimum absolute atomic E-state index is 0.0870. The standard InChI is InChI=1S/C11H23NO3S/c1-3-11(2,9-13)8-12-10-4-6-16(14,15)7-5-10/h10,12-13H,3-9H2,1-2H3. The fourth-order valence-electron chi connectivity index (χ4n) is 1.78. The van der Waals surface area contributed by atoms with Crippen molar-refractivity contribution < 1.29 is 13.5 Å². The molecular formula is C11H23NO3S. The van der Waals surface area contributed by atoms with E-state index in [0.717, 1.165) is 13.0 Å². The Labute approximate surface area is 98.4 Å². The Morgan fingerprint density at radius 2 is 1.94 bits per heavy atom. The van der Waals surface area contributed by atoms with Gasteiger partial charge < -0.3 is 10.4 Å². The molecule has 0 aromatic carbocycles. The van der Waals surface area contributed by atoms with Crippen LogP contribution < -0.4 is 5.32 Å². The van der Waals surface area contributed by atoms with Gasteiger partial charge in [0.05, 0.1) is 11.5 Å². The van der Waals surface area contributed by atoms with Crippen LogP contribution in [0.3, 0.4) is 0 Å². The average Bonchev–Trinajstić information content (AvgIpc) is 2.27. The Bertz CT molecular complexity index is 295. The number of aliphatic hydroxyl groups is 1. The van der Waals surface area contributed by atoms with Crippen LogP contribution in [0.5, 0.6) is 0 Å². The van der Waals surface area contributed by atoms with Crippen LogP contribution in [0.25, 0.3) is 0 Å². The van der Waals surface area contributed by atoms with Gasteiger partial charge in [0, 0.05) is 24.6 Å². The Kier molecular flexibility index (Phi) is 4.76. The highest BCUT2D eigenvalue weighted by Crippen LogP contribution is 2.20. The van der Waals surface area contributed by atoms with E-state index >= 15 is 0 Å². The maximum atomic E-state index is 11.2. The number of sulfone groups is 1. The lowest BCUT2D eigenvalue weighted by Crippen LogP contribution is -2.43. The maximum Gasteiger partial charge on any atom is 0.150 e. The van der Waals surface area contributed by atoms with Crippen LogP contribution in [0.15, 0.2) is 0 Å². The number of aliphatic hydroxyl groups excluding tert-OH is 1. The van der Waals surface area contributed by atoms with E-state index in [1.54, 1.807) is 0 Å². The smallest absolute Gasteiger partial charge is 0.150 e. The quantitative estimate of drug-likeness (QED) is 0.747. The van der Waals surface area contributed by atoms with E-state index in [4.69, 9.17) is 0 Å². The molecule has 0 spiro atoms. The first-order chi connectivity index (χ1) is 7.41. The molecule has 1 aliphatic heterocycles. The Balaban J connectivity index is 2.35. The molecule has 0 aliphatic carbocycles. The lowest BCUT2D eigenvalue weighted by molar-refractivity contribution is 0.131. The molecule has 2 N–H and O–H groups in total. The fraction of sp³-hybridized carbons (Fsp3) is 1.00. The number of rotatable bonds is 5. The summed E-state index contributed by atoms with van der Waals surface area (Å²) in [6, 6.07) is 0.293. The predicted octanol–water partition coefficient (Wildman–Crippen LogP) is 0.562. The second-order valence-corrected chi connectivity index (χ2v) is 7.43. The van der Waals surface area contributed by atoms with Gasteiger partial charge in [-0.3, -0.25) is 0 Å². The minimum Gasteiger partial charge on any atom is -0.396 e. The van der Waals surface area contributed by atoms with Crippen molar-refractivity contribution >= 4 is 9.84 Å². The SMILES string of the molecule is CCC(C)(CO)CNC1CCS(=O)(=O)CC1. The van der Waals surface area contributed by atoms with Crippen molar-refractivity contribution in [3.8, 4) is 0 Å². The van der Waals surface area contributed by atoms with Crippen molar-refractivity contribution in [2.75, 3.05) is 24.7 Å². The molecule has 0 amide bonds. The fourth-order valence-corrected chi connectivity index (χ4v) is 3.27. The van der Waals surface area contributed by atoms with E-state index in [1.807, 2.05) is 6.92 Å². The normalized spacial score (nSPS) is 25.2. The van der Waals surface area contributed by atoms with Crippen molar-refractivity contribution in [2.45, 2.75) is 39.2 Å². The van der Waals surface area contributed by atoms with Crippen LogP contribution in [0.2, 0.25) is 0 Å². The molecule has 1 saturated heterocycles. The van der Waals surface area contributed by atoms with Crippen LogP contribution in [0.4, 0.5) is 0 Å². The highest BCUT2D eigenvalue weighted by Gasteiger charge is 2.26. The van der Waals surface area contributed by atoms with Crippen molar-refractivity contribution in [1.29, 1.82) is 0 Å². The van der Waals surface area contributed by atoms with Gasteiger partial charge in [-0.1, -0.05) is 13.8 Å². The molecule has 0 radical (unpaired) electrons. The van der Waals surface area contributed by atoms with Gasteiger partial charge in [-0.05, 0) is 19.3 Å². The van der Waals surface area contributed by atoms with E-state index in [0.29, 0.717) is 30.4 Å². The Morgan fingerprint density at radius 3 is 2.38 bits per heavy atom. The predicted molar refractivity (Wildman–Crippen MR) is 65.2 cm³/mol. The molecule has 0 bridgehead atoms. The molecule has 1 rings (SSSR count). The zero-order valence-corrected chi connectivity index (χ0v) is 11.0. The molecule has 0 aromatic rings. The van der Waals surface area contributed by atoms with Crippen LogP contribution in [0.1, 0.15) is 33.1 Å². The van der Waals surface area contributed by atoms with Gasteiger partial charge in [0.1, 0.15) is 9.84 Å². The third-order valence-electron chi connectivity index (χ3n) is 3.61. The summed E-state index contributed by atoms with van der Waals surface area (Å²) >= 11 is 0. The summed E-state index contributed by atoms with van der Waals surface area (Å²) in [4.78, 5) is 0. The van der Waals surface area contributed by atoms with Crippen molar-refractivity contribution in [1.82, 2.24) is 5.32 Å². The average molecular weight is 249 g/mol. The maximum absolute atomic E-state index is 11.2. The first kappa shape index (κ1) is 13.9. The molecule has 96 valence electrons. The summed E-state index contributed by atoms with van der Waals surface area (Å²) in [7, 11) is -2.77. The van der Waals surface area contributed by atoms with E-state index < -0.39 is 9.84 Å². The highest BCUT2D eigenvalue weighted by atomic mass is 32.2. The third-order valence-corrected chi connectivity index (χ3v) is 5.32. The summed E-state index contributed by atoms with van der Waals surface area (Å²) in [5.41, 5.74) is -0.0870. The summed E-state index contributed by atoms with van der Waals surface area (Å²) in [5.74, 6) is 0.596. The first-order valence-electron chi connectivity index (χ1n) is 5.95. The topological polar surface area (TPSA) is 66.4 Å². The van der Waals surface area contributed by atoms with Gasteiger partial charge in [0.2, 0.25) is 0 Å². The van der Waals surface area contributed by atoms with Gasteiger partial charge in [-0.25, -0.2) is 8.42 Å². The largest absolute Gasteiger partial charge is 0.396 e. The summed E-state index contributed by atoms with van der Waals surface area (Å²) in [6.07, 6.45) is 2.32. The second kappa shape index (κ2) is 5.47. The van der Waals surface area contributed by atoms with Gasteiger partial charge in [0.25, 0.3) is 0 Å². The molecule has 1 fully saturated rings. The van der Waals surface area contributed by atoms with Gasteiger partial charge in [0.15, 0.2) is 0 Å². The Hall–Kier alpha value is -0.130. The molecule has 1 heterocycles. The monoisotopic (exact) mass is 249 g/mol. The summed E-state index contributed by atoms with van der Waals surface area (Å²) < 4.78 is 22.5. The lowest BCUT2D eigenvalue weighted by Gasteiger charge is -2.30. The van der Waals surface area contributed by atoms with E-state index in [1.165, 1.54) is 0 Å². The molecule has 1 aliphatic rings. The number of hydrogen-bond donors (Lipinski definition) is 2. The minimum atomic E-state index is -2.77. The molecule has 5 heteroatoms. The summed E-state index contributed by atoms with van der Waals surface area (Å²) in [5, 5.41) is 12.6. The molecular weight excluding hydrogens is 226 g/mol. The first-order valence-corrected chi connectivity index (χ1v) is 7.77. The molecule has 4 nitrogen and oxygen atoms in total. The van der Waals surface area contributed by atoms with Crippen molar-refractivity contribution in [2.24, 2.45) is 5.41 Å². The summed E-state index contributed by atoms with van der Waals surface area (Å²) in [6.45, 7) is 5.02. The molecule has 0 aromatic heterocycles. The zero-order chi connectivity index (χ0) is 12.2. The molecule has 16 heavy (non-hydrogen) atoms. The number of hydrogen-bond acceptors (Lipinski definition) is 4. The molecule has 0 saturated carbocycles. The van der Waals surface area contributed by atoms with Gasteiger partial charge in [-0.15, -0.1) is 0 Å². The third kappa shape index (κ3) is 4.03. The molecule has 1 atom stereocenters. The van der Waals surface area contributed by atoms with Crippen LogP contribution in [0, 0.1) is 5.41 Å². The zero-order valence-electron chi connectivity index (χ0n) is 10.2. The van der Waals surface area contributed by atoms with Crippen molar-refractivity contribution in [3.05, 3.63) is 0 Å². The van der Waals surface area contributed by atoms with Crippen LogP contribution in [-0.4, -0.2) is 44.2 Å². The lowest BCUT2D eigenvalue weighted by atomic mass is 9.88. The second-order valence-electron chi connectivity index (χ2n) is 5.13. The van der Waals surface area contributed by atoms with E-state index in [2.05, 4.69) is 12.2 Å². The Morgan fingerprint density at radius 1 is 1.38 bits per heavy atom. The number of nitrogens with one attached hydrogen (secondary N) is 1. The van der Waals surface area contributed by atoms with Crippen molar-refractivity contribution in [3.63, 3.8) is 0 Å². The van der Waals surface area contributed by atoms with Crippen LogP contribution in [-0.2, 0) is 9.84 Å². The van der Waals surface area contributed by atoms with E-state index in [-0.39, 0.29) is 12.0 Å². The molecule has 1 unspecified atom stereocenters. The highest BCUT2D eigenvalue weighted by molar-refractivity contribution is 7.91. The van der Waals surface area contributed by atoms with Gasteiger partial charge >= 0.3 is 0 Å².